The van der Waals surface area contributed by atoms with Gasteiger partial charge in [0.05, 0.1) is 36.5 Å². The predicted octanol–water partition coefficient (Wildman–Crippen LogP) is 0.486. The van der Waals surface area contributed by atoms with Crippen molar-refractivity contribution in [3.63, 3.8) is 0 Å². The van der Waals surface area contributed by atoms with Crippen LogP contribution in [0.5, 0.6) is 0 Å². The second kappa shape index (κ2) is 8.83. The molecule has 150 valence electrons. The highest BCUT2D eigenvalue weighted by Crippen LogP contribution is 2.25. The van der Waals surface area contributed by atoms with E-state index in [1.54, 1.807) is 17.2 Å². The number of aromatic nitrogens is 1. The fourth-order valence-electron chi connectivity index (χ4n) is 2.77. The predicted molar refractivity (Wildman–Crippen MR) is 98.6 cm³/mol. The Bertz CT molecular complexity index is 833. The molecular formula is C17H20N4O6S. The normalized spacial score (nSPS) is 16.7. The first-order chi connectivity index (χ1) is 13.5. The zero-order valence-corrected chi connectivity index (χ0v) is 16.1. The standard InChI is InChI=1S/C17H20N4O6S/c1-2-26-15(24)11-7-18-16(25)20-12(11)8-27-14(23)6-10-9-28-17(19-10)21-5-3-4-13(21)22/h9H,2-8H2,1H3,(H2,18,20,25). The summed E-state index contributed by atoms with van der Waals surface area (Å²) in [6.45, 7) is 2.23. The second-order valence-electron chi connectivity index (χ2n) is 6.09. The zero-order chi connectivity index (χ0) is 20.1. The van der Waals surface area contributed by atoms with E-state index < -0.39 is 18.0 Å². The lowest BCUT2D eigenvalue weighted by Gasteiger charge is -2.21. The van der Waals surface area contributed by atoms with Crippen LogP contribution < -0.4 is 15.5 Å². The lowest BCUT2D eigenvalue weighted by Crippen LogP contribution is -2.45. The quantitative estimate of drug-likeness (QED) is 0.629. The third-order valence-corrected chi connectivity index (χ3v) is 5.04. The van der Waals surface area contributed by atoms with Gasteiger partial charge in [-0.2, -0.15) is 0 Å². The van der Waals surface area contributed by atoms with E-state index in [-0.39, 0.29) is 43.4 Å². The Morgan fingerprint density at radius 2 is 2.14 bits per heavy atom. The molecule has 1 aromatic heterocycles. The Hall–Kier alpha value is -2.95. The molecule has 0 radical (unpaired) electrons. The van der Waals surface area contributed by atoms with E-state index in [0.29, 0.717) is 23.8 Å². The molecule has 1 saturated heterocycles. The minimum absolute atomic E-state index is 0.00312. The summed E-state index contributed by atoms with van der Waals surface area (Å²) in [4.78, 5) is 53.3. The van der Waals surface area contributed by atoms with E-state index in [2.05, 4.69) is 15.6 Å². The van der Waals surface area contributed by atoms with Crippen LogP contribution in [0.25, 0.3) is 0 Å². The number of rotatable bonds is 7. The number of ether oxygens (including phenoxy) is 2. The molecule has 1 aromatic rings. The van der Waals surface area contributed by atoms with Crippen LogP contribution in [0.4, 0.5) is 9.93 Å². The molecule has 0 aromatic carbocycles. The minimum Gasteiger partial charge on any atom is -0.463 e. The maximum absolute atomic E-state index is 12.1. The van der Waals surface area contributed by atoms with Gasteiger partial charge >= 0.3 is 18.0 Å². The van der Waals surface area contributed by atoms with Gasteiger partial charge in [-0.3, -0.25) is 14.5 Å². The van der Waals surface area contributed by atoms with Gasteiger partial charge in [0, 0.05) is 18.3 Å². The number of carbonyl (C=O) groups excluding carboxylic acids is 4. The summed E-state index contributed by atoms with van der Waals surface area (Å²) in [5.41, 5.74) is 0.897. The van der Waals surface area contributed by atoms with Crippen LogP contribution in [-0.4, -0.2) is 55.2 Å². The fraction of sp³-hybridized carbons (Fsp3) is 0.471. The van der Waals surface area contributed by atoms with Gasteiger partial charge < -0.3 is 20.1 Å². The number of esters is 2. The minimum atomic E-state index is -0.583. The highest BCUT2D eigenvalue weighted by molar-refractivity contribution is 7.14. The summed E-state index contributed by atoms with van der Waals surface area (Å²) in [6.07, 6.45) is 1.23. The lowest BCUT2D eigenvalue weighted by atomic mass is 10.1. The van der Waals surface area contributed by atoms with Gasteiger partial charge in [-0.05, 0) is 13.3 Å². The monoisotopic (exact) mass is 408 g/mol. The molecule has 0 unspecified atom stereocenters. The van der Waals surface area contributed by atoms with Crippen LogP contribution in [0.2, 0.25) is 0 Å². The molecule has 0 spiro atoms. The Labute approximate surface area is 164 Å². The molecule has 11 heteroatoms. The largest absolute Gasteiger partial charge is 0.463 e. The first kappa shape index (κ1) is 19.8. The number of amides is 3. The molecule has 3 heterocycles. The van der Waals surface area contributed by atoms with Gasteiger partial charge in [0.25, 0.3) is 0 Å². The summed E-state index contributed by atoms with van der Waals surface area (Å²) < 4.78 is 10.1. The summed E-state index contributed by atoms with van der Waals surface area (Å²) in [7, 11) is 0. The molecule has 2 N–H and O–H groups in total. The molecule has 2 aliphatic heterocycles. The van der Waals surface area contributed by atoms with Crippen molar-refractivity contribution in [3.05, 3.63) is 22.3 Å². The molecule has 0 aliphatic carbocycles. The smallest absolute Gasteiger partial charge is 0.337 e. The molecule has 2 aliphatic rings. The zero-order valence-electron chi connectivity index (χ0n) is 15.3. The highest BCUT2D eigenvalue weighted by Gasteiger charge is 2.26. The molecule has 1 fully saturated rings. The van der Waals surface area contributed by atoms with Crippen molar-refractivity contribution in [2.24, 2.45) is 0 Å². The molecular weight excluding hydrogens is 388 g/mol. The van der Waals surface area contributed by atoms with Gasteiger partial charge in [-0.1, -0.05) is 0 Å². The van der Waals surface area contributed by atoms with Crippen molar-refractivity contribution in [1.29, 1.82) is 0 Å². The van der Waals surface area contributed by atoms with E-state index in [1.807, 2.05) is 0 Å². The van der Waals surface area contributed by atoms with Crippen LogP contribution in [0, 0.1) is 0 Å². The van der Waals surface area contributed by atoms with E-state index in [9.17, 15) is 19.2 Å². The van der Waals surface area contributed by atoms with E-state index >= 15 is 0 Å². The number of nitrogens with one attached hydrogen (secondary N) is 2. The SMILES string of the molecule is CCOC(=O)C1=C(COC(=O)Cc2csc(N3CCCC3=O)n2)NC(=O)NC1. The van der Waals surface area contributed by atoms with Crippen molar-refractivity contribution >= 4 is 40.3 Å². The molecule has 0 atom stereocenters. The lowest BCUT2D eigenvalue weighted by molar-refractivity contribution is -0.143. The van der Waals surface area contributed by atoms with Gasteiger partial charge in [0.15, 0.2) is 5.13 Å². The molecule has 3 rings (SSSR count). The van der Waals surface area contributed by atoms with Crippen molar-refractivity contribution in [2.45, 2.75) is 26.2 Å². The number of urea groups is 1. The highest BCUT2D eigenvalue weighted by atomic mass is 32.1. The van der Waals surface area contributed by atoms with Crippen molar-refractivity contribution in [1.82, 2.24) is 15.6 Å². The molecule has 28 heavy (non-hydrogen) atoms. The van der Waals surface area contributed by atoms with Crippen molar-refractivity contribution in [2.75, 3.05) is 31.2 Å². The number of hydrogen-bond donors (Lipinski definition) is 2. The fourth-order valence-corrected chi connectivity index (χ4v) is 3.64. The molecule has 3 amide bonds. The Morgan fingerprint density at radius 3 is 2.86 bits per heavy atom. The number of carbonyl (C=O) groups is 4. The third-order valence-electron chi connectivity index (χ3n) is 4.12. The topological polar surface area (TPSA) is 127 Å². The van der Waals surface area contributed by atoms with Gasteiger partial charge in [0.1, 0.15) is 6.61 Å². The number of nitrogens with zero attached hydrogens (tertiary/aromatic N) is 2. The van der Waals surface area contributed by atoms with Crippen molar-refractivity contribution in [3.8, 4) is 0 Å². The number of anilines is 1. The van der Waals surface area contributed by atoms with Gasteiger partial charge in [0.2, 0.25) is 5.91 Å². The van der Waals surface area contributed by atoms with Gasteiger partial charge in [-0.25, -0.2) is 14.6 Å². The summed E-state index contributed by atoms with van der Waals surface area (Å²) in [5, 5.41) is 7.22. The Kier molecular flexibility index (Phi) is 6.24. The maximum Gasteiger partial charge on any atom is 0.337 e. The van der Waals surface area contributed by atoms with Crippen LogP contribution in [0.3, 0.4) is 0 Å². The molecule has 10 nitrogen and oxygen atoms in total. The van der Waals surface area contributed by atoms with Gasteiger partial charge in [-0.15, -0.1) is 11.3 Å². The molecule has 0 saturated carbocycles. The van der Waals surface area contributed by atoms with E-state index in [0.717, 1.165) is 6.42 Å². The Morgan fingerprint density at radius 1 is 1.32 bits per heavy atom. The van der Waals surface area contributed by atoms with Crippen LogP contribution in [0.15, 0.2) is 16.7 Å². The van der Waals surface area contributed by atoms with Crippen LogP contribution >= 0.6 is 11.3 Å². The first-order valence-electron chi connectivity index (χ1n) is 8.82. The van der Waals surface area contributed by atoms with E-state index in [1.165, 1.54) is 11.3 Å². The van der Waals surface area contributed by atoms with Crippen molar-refractivity contribution < 1.29 is 28.7 Å². The Balaban J connectivity index is 1.58. The summed E-state index contributed by atoms with van der Waals surface area (Å²) >= 11 is 1.30. The maximum atomic E-state index is 12.1. The number of thiazole rings is 1. The summed E-state index contributed by atoms with van der Waals surface area (Å²) in [6, 6.07) is -0.487. The van der Waals surface area contributed by atoms with Crippen LogP contribution in [0.1, 0.15) is 25.5 Å². The second-order valence-corrected chi connectivity index (χ2v) is 6.93. The first-order valence-corrected chi connectivity index (χ1v) is 9.70. The summed E-state index contributed by atoms with van der Waals surface area (Å²) in [5.74, 6) is -1.11. The average Bonchev–Trinajstić information content (AvgIpc) is 3.28. The third kappa shape index (κ3) is 4.66. The molecule has 0 bridgehead atoms. The number of hydrogen-bond acceptors (Lipinski definition) is 8. The average molecular weight is 408 g/mol. The van der Waals surface area contributed by atoms with Crippen LogP contribution in [-0.2, 0) is 30.3 Å². The van der Waals surface area contributed by atoms with E-state index in [4.69, 9.17) is 9.47 Å².